The Kier molecular flexibility index (Phi) is 2.28. The van der Waals surface area contributed by atoms with E-state index < -0.39 is 11.2 Å². The van der Waals surface area contributed by atoms with E-state index in [2.05, 4.69) is 13.8 Å². The molecule has 0 amide bonds. The molecule has 0 radical (unpaired) electrons. The summed E-state index contributed by atoms with van der Waals surface area (Å²) in [5.41, 5.74) is 6.01. The zero-order valence-electron chi connectivity index (χ0n) is 6.59. The minimum Gasteiger partial charge on any atom is -0.616 e. The second-order valence-electron chi connectivity index (χ2n) is 3.66. The highest BCUT2D eigenvalue weighted by Gasteiger charge is 2.35. The van der Waals surface area contributed by atoms with E-state index in [0.29, 0.717) is 5.75 Å². The Morgan fingerprint density at radius 3 is 2.60 bits per heavy atom. The highest BCUT2D eigenvalue weighted by Crippen LogP contribution is 2.29. The van der Waals surface area contributed by atoms with E-state index in [0.717, 1.165) is 12.2 Å². The smallest absolute Gasteiger partial charge is 0.121 e. The van der Waals surface area contributed by atoms with Gasteiger partial charge in [0.05, 0.1) is 6.04 Å². The van der Waals surface area contributed by atoms with E-state index in [-0.39, 0.29) is 11.5 Å². The molecule has 0 aliphatic carbocycles. The van der Waals surface area contributed by atoms with E-state index in [1.54, 1.807) is 0 Å². The third kappa shape index (κ3) is 1.65. The lowest BCUT2D eigenvalue weighted by molar-refractivity contribution is 0.280. The van der Waals surface area contributed by atoms with Crippen molar-refractivity contribution in [3.63, 3.8) is 0 Å². The van der Waals surface area contributed by atoms with Crippen LogP contribution in [-0.4, -0.2) is 22.1 Å². The molecule has 1 saturated heterocycles. The fraction of sp³-hybridized carbons (Fsp3) is 1.00. The molecule has 0 aromatic carbocycles. The van der Waals surface area contributed by atoms with Crippen LogP contribution in [0.3, 0.4) is 0 Å². The summed E-state index contributed by atoms with van der Waals surface area (Å²) in [6, 6.07) is 0.127. The third-order valence-electron chi connectivity index (χ3n) is 2.34. The molecule has 2 nitrogen and oxygen atoms in total. The molecule has 1 fully saturated rings. The Morgan fingerprint density at radius 1 is 1.60 bits per heavy atom. The van der Waals surface area contributed by atoms with Crippen LogP contribution in [0.25, 0.3) is 0 Å². The monoisotopic (exact) mass is 161 g/mol. The quantitative estimate of drug-likeness (QED) is 0.526. The lowest BCUT2D eigenvalue weighted by atomic mass is 9.83. The standard InChI is InChI=1S/C7H15NOS/c1-7(2)3-4-10(9)5-6(7)8/h6H,3-5,8H2,1-2H3. The molecule has 0 spiro atoms. The van der Waals surface area contributed by atoms with Crippen molar-refractivity contribution in [3.05, 3.63) is 0 Å². The first-order chi connectivity index (χ1) is 4.52. The van der Waals surface area contributed by atoms with Crippen molar-refractivity contribution < 1.29 is 4.55 Å². The van der Waals surface area contributed by atoms with Crippen LogP contribution in [0.4, 0.5) is 0 Å². The maximum absolute atomic E-state index is 11.0. The van der Waals surface area contributed by atoms with Crippen LogP contribution in [-0.2, 0) is 11.2 Å². The molecule has 10 heavy (non-hydrogen) atoms. The Morgan fingerprint density at radius 2 is 2.20 bits per heavy atom. The summed E-state index contributed by atoms with van der Waals surface area (Å²) in [6.07, 6.45) is 1.00. The molecule has 2 unspecified atom stereocenters. The van der Waals surface area contributed by atoms with Crippen LogP contribution >= 0.6 is 0 Å². The summed E-state index contributed by atoms with van der Waals surface area (Å²) in [7, 11) is 0. The maximum Gasteiger partial charge on any atom is 0.121 e. The average molecular weight is 161 g/mol. The molecule has 3 heteroatoms. The third-order valence-corrected chi connectivity index (χ3v) is 3.73. The molecule has 1 heterocycles. The predicted octanol–water partition coefficient (Wildman–Crippen LogP) is 0.492. The molecule has 1 aliphatic heterocycles. The van der Waals surface area contributed by atoms with Gasteiger partial charge in [-0.05, 0) is 11.8 Å². The maximum atomic E-state index is 11.0. The molecule has 1 rings (SSSR count). The molecule has 1 aliphatic rings. The molecule has 0 aromatic rings. The van der Waals surface area contributed by atoms with Gasteiger partial charge in [-0.25, -0.2) is 0 Å². The Bertz CT molecular complexity index is 127. The Labute approximate surface area is 65.4 Å². The van der Waals surface area contributed by atoms with Crippen LogP contribution in [0.2, 0.25) is 0 Å². The molecule has 60 valence electrons. The summed E-state index contributed by atoms with van der Waals surface area (Å²) in [4.78, 5) is 0. The van der Waals surface area contributed by atoms with Gasteiger partial charge in [0, 0.05) is 0 Å². The van der Waals surface area contributed by atoms with Crippen LogP contribution in [0.5, 0.6) is 0 Å². The van der Waals surface area contributed by atoms with Crippen molar-refractivity contribution in [1.29, 1.82) is 0 Å². The zero-order valence-corrected chi connectivity index (χ0v) is 7.41. The lowest BCUT2D eigenvalue weighted by Gasteiger charge is -2.36. The van der Waals surface area contributed by atoms with E-state index in [9.17, 15) is 4.55 Å². The zero-order chi connectivity index (χ0) is 7.78. The predicted molar refractivity (Wildman–Crippen MR) is 44.2 cm³/mol. The van der Waals surface area contributed by atoms with Crippen LogP contribution in [0, 0.1) is 5.41 Å². The number of nitrogens with two attached hydrogens (primary N) is 1. The topological polar surface area (TPSA) is 49.1 Å². The first-order valence-corrected chi connectivity index (χ1v) is 5.12. The summed E-state index contributed by atoms with van der Waals surface area (Å²) in [5.74, 6) is 1.52. The largest absolute Gasteiger partial charge is 0.616 e. The molecular formula is C7H15NOS. The van der Waals surface area contributed by atoms with Crippen LogP contribution < -0.4 is 5.73 Å². The second-order valence-corrected chi connectivity index (χ2v) is 5.28. The normalized spacial score (nSPS) is 39.6. The summed E-state index contributed by atoms with van der Waals surface area (Å²) < 4.78 is 11.0. The fourth-order valence-corrected chi connectivity index (χ4v) is 2.84. The van der Waals surface area contributed by atoms with Gasteiger partial charge in [-0.2, -0.15) is 0 Å². The molecule has 0 saturated carbocycles. The first kappa shape index (κ1) is 8.37. The van der Waals surface area contributed by atoms with Crippen LogP contribution in [0.15, 0.2) is 0 Å². The van der Waals surface area contributed by atoms with Gasteiger partial charge in [-0.15, -0.1) is 0 Å². The second kappa shape index (κ2) is 2.72. The van der Waals surface area contributed by atoms with Crippen molar-refractivity contribution in [3.8, 4) is 0 Å². The van der Waals surface area contributed by atoms with Crippen molar-refractivity contribution >= 4 is 11.2 Å². The van der Waals surface area contributed by atoms with E-state index in [1.807, 2.05) is 0 Å². The highest BCUT2D eigenvalue weighted by atomic mass is 32.2. The van der Waals surface area contributed by atoms with Crippen molar-refractivity contribution in [1.82, 2.24) is 0 Å². The van der Waals surface area contributed by atoms with Gasteiger partial charge in [0.2, 0.25) is 0 Å². The van der Waals surface area contributed by atoms with Crippen molar-refractivity contribution in [2.45, 2.75) is 26.3 Å². The van der Waals surface area contributed by atoms with Gasteiger partial charge < -0.3 is 10.3 Å². The highest BCUT2D eigenvalue weighted by molar-refractivity contribution is 7.91. The van der Waals surface area contributed by atoms with Gasteiger partial charge in [0.25, 0.3) is 0 Å². The first-order valence-electron chi connectivity index (χ1n) is 3.63. The summed E-state index contributed by atoms with van der Waals surface area (Å²) in [6.45, 7) is 4.29. The Hall–Kier alpha value is 0.270. The fourth-order valence-electron chi connectivity index (χ4n) is 1.07. The molecule has 2 N–H and O–H groups in total. The average Bonchev–Trinajstić information content (AvgIpc) is 1.81. The number of rotatable bonds is 0. The number of hydrogen-bond donors (Lipinski definition) is 1. The van der Waals surface area contributed by atoms with Crippen molar-refractivity contribution in [2.24, 2.45) is 11.1 Å². The Balaban J connectivity index is 2.52. The molecule has 2 atom stereocenters. The van der Waals surface area contributed by atoms with Crippen molar-refractivity contribution in [2.75, 3.05) is 11.5 Å². The van der Waals surface area contributed by atoms with E-state index in [4.69, 9.17) is 5.73 Å². The van der Waals surface area contributed by atoms with Gasteiger partial charge in [0.15, 0.2) is 0 Å². The number of hydrogen-bond acceptors (Lipinski definition) is 2. The summed E-state index contributed by atoms with van der Waals surface area (Å²) >= 11 is -0.642. The summed E-state index contributed by atoms with van der Waals surface area (Å²) in [5, 5.41) is 0. The van der Waals surface area contributed by atoms with Gasteiger partial charge in [-0.3, -0.25) is 0 Å². The molecule has 0 aromatic heterocycles. The van der Waals surface area contributed by atoms with Gasteiger partial charge in [0.1, 0.15) is 11.5 Å². The molecular weight excluding hydrogens is 146 g/mol. The van der Waals surface area contributed by atoms with Gasteiger partial charge in [-0.1, -0.05) is 25.0 Å². The SMILES string of the molecule is CC1(C)CC[S+]([O-])CC1N. The van der Waals surface area contributed by atoms with Crippen LogP contribution in [0.1, 0.15) is 20.3 Å². The van der Waals surface area contributed by atoms with E-state index >= 15 is 0 Å². The van der Waals surface area contributed by atoms with Gasteiger partial charge >= 0.3 is 0 Å². The minimum atomic E-state index is -0.642. The molecule has 0 bridgehead atoms. The van der Waals surface area contributed by atoms with E-state index in [1.165, 1.54) is 0 Å². The lowest BCUT2D eigenvalue weighted by Crippen LogP contribution is -2.48. The minimum absolute atomic E-state index is 0.127.